The van der Waals surface area contributed by atoms with Gasteiger partial charge in [-0.15, -0.1) is 0 Å². The van der Waals surface area contributed by atoms with Crippen LogP contribution in [0.1, 0.15) is 36.5 Å². The molecule has 164 valence electrons. The SMILES string of the molecule is CC1CCCN(CCCNC(=O)CN2C(=O)c3cccnc3Oc3ccc(Cl)cc32)C1. The first kappa shape index (κ1) is 21.6. The van der Waals surface area contributed by atoms with Crippen molar-refractivity contribution in [2.24, 2.45) is 5.92 Å². The summed E-state index contributed by atoms with van der Waals surface area (Å²) in [5.41, 5.74) is 0.759. The van der Waals surface area contributed by atoms with Crippen LogP contribution in [0.25, 0.3) is 0 Å². The molecule has 1 aromatic heterocycles. The van der Waals surface area contributed by atoms with E-state index >= 15 is 0 Å². The van der Waals surface area contributed by atoms with Crippen LogP contribution < -0.4 is 15.0 Å². The number of nitrogens with one attached hydrogen (secondary N) is 1. The second-order valence-corrected chi connectivity index (χ2v) is 8.65. The number of pyridine rings is 1. The second kappa shape index (κ2) is 9.66. The van der Waals surface area contributed by atoms with Crippen molar-refractivity contribution < 1.29 is 14.3 Å². The number of hydrogen-bond donors (Lipinski definition) is 1. The van der Waals surface area contributed by atoms with Crippen LogP contribution in [0.3, 0.4) is 0 Å². The number of nitrogens with zero attached hydrogens (tertiary/aromatic N) is 3. The first-order chi connectivity index (χ1) is 15.0. The number of carbonyl (C=O) groups is 2. The van der Waals surface area contributed by atoms with E-state index in [0.717, 1.165) is 32.0 Å². The first-order valence-corrected chi connectivity index (χ1v) is 11.1. The van der Waals surface area contributed by atoms with Crippen LogP contribution in [0.5, 0.6) is 11.6 Å². The zero-order valence-corrected chi connectivity index (χ0v) is 18.4. The fourth-order valence-electron chi connectivity index (χ4n) is 4.16. The molecule has 8 heteroatoms. The number of piperidine rings is 1. The number of carbonyl (C=O) groups excluding carboxylic acids is 2. The van der Waals surface area contributed by atoms with E-state index in [4.69, 9.17) is 16.3 Å². The Morgan fingerprint density at radius 1 is 1.35 bits per heavy atom. The molecule has 2 aromatic rings. The smallest absolute Gasteiger partial charge is 0.264 e. The molecule has 1 N–H and O–H groups in total. The van der Waals surface area contributed by atoms with Crippen LogP contribution in [0.15, 0.2) is 36.5 Å². The van der Waals surface area contributed by atoms with Crippen molar-refractivity contribution in [3.63, 3.8) is 0 Å². The van der Waals surface area contributed by atoms with Gasteiger partial charge >= 0.3 is 0 Å². The number of hydrogen-bond acceptors (Lipinski definition) is 5. The van der Waals surface area contributed by atoms with Gasteiger partial charge in [0.25, 0.3) is 5.91 Å². The van der Waals surface area contributed by atoms with Gasteiger partial charge in [-0.05, 0) is 68.6 Å². The van der Waals surface area contributed by atoms with Crippen molar-refractivity contribution in [2.75, 3.05) is 37.6 Å². The summed E-state index contributed by atoms with van der Waals surface area (Å²) in [6.45, 7) is 5.96. The van der Waals surface area contributed by atoms with Crippen molar-refractivity contribution >= 4 is 29.1 Å². The van der Waals surface area contributed by atoms with Gasteiger partial charge in [-0.25, -0.2) is 4.98 Å². The number of amides is 2. The van der Waals surface area contributed by atoms with E-state index in [1.54, 1.807) is 36.5 Å². The minimum atomic E-state index is -0.346. The lowest BCUT2D eigenvalue weighted by Gasteiger charge is -2.30. The molecule has 0 radical (unpaired) electrons. The quantitative estimate of drug-likeness (QED) is 0.690. The molecule has 0 aliphatic carbocycles. The monoisotopic (exact) mass is 442 g/mol. The van der Waals surface area contributed by atoms with Crippen molar-refractivity contribution in [1.82, 2.24) is 15.2 Å². The minimum Gasteiger partial charge on any atom is -0.436 e. The Morgan fingerprint density at radius 3 is 3.06 bits per heavy atom. The number of aromatic nitrogens is 1. The third-order valence-electron chi connectivity index (χ3n) is 5.68. The van der Waals surface area contributed by atoms with Crippen LogP contribution in [0.2, 0.25) is 5.02 Å². The van der Waals surface area contributed by atoms with Gasteiger partial charge in [0.1, 0.15) is 12.1 Å². The maximum atomic E-state index is 13.2. The molecule has 1 saturated heterocycles. The molecule has 7 nitrogen and oxygen atoms in total. The molecule has 1 atom stereocenters. The van der Waals surface area contributed by atoms with Crippen LogP contribution in [0, 0.1) is 5.92 Å². The molecule has 3 heterocycles. The maximum absolute atomic E-state index is 13.2. The molecular formula is C23H27ClN4O3. The summed E-state index contributed by atoms with van der Waals surface area (Å²) in [4.78, 5) is 33.9. The Morgan fingerprint density at radius 2 is 2.23 bits per heavy atom. The Balaban J connectivity index is 1.41. The maximum Gasteiger partial charge on any atom is 0.264 e. The van der Waals surface area contributed by atoms with E-state index in [9.17, 15) is 9.59 Å². The van der Waals surface area contributed by atoms with Gasteiger partial charge in [-0.3, -0.25) is 14.5 Å². The van der Waals surface area contributed by atoms with Crippen molar-refractivity contribution in [1.29, 1.82) is 0 Å². The summed E-state index contributed by atoms with van der Waals surface area (Å²) in [6, 6.07) is 8.30. The molecular weight excluding hydrogens is 416 g/mol. The molecule has 2 amide bonds. The van der Waals surface area contributed by atoms with Gasteiger partial charge in [-0.2, -0.15) is 0 Å². The summed E-state index contributed by atoms with van der Waals surface area (Å²) in [5, 5.41) is 3.40. The summed E-state index contributed by atoms with van der Waals surface area (Å²) < 4.78 is 5.84. The van der Waals surface area contributed by atoms with E-state index in [2.05, 4.69) is 22.1 Å². The van der Waals surface area contributed by atoms with Gasteiger partial charge in [0.05, 0.1) is 5.69 Å². The van der Waals surface area contributed by atoms with E-state index in [0.29, 0.717) is 28.6 Å². The largest absolute Gasteiger partial charge is 0.436 e. The Labute approximate surface area is 187 Å². The van der Waals surface area contributed by atoms with Crippen molar-refractivity contribution in [3.8, 4) is 11.6 Å². The zero-order valence-electron chi connectivity index (χ0n) is 17.6. The zero-order chi connectivity index (χ0) is 21.8. The van der Waals surface area contributed by atoms with Crippen LogP contribution >= 0.6 is 11.6 Å². The highest BCUT2D eigenvalue weighted by Gasteiger charge is 2.30. The summed E-state index contributed by atoms with van der Waals surface area (Å²) >= 11 is 6.16. The molecule has 0 bridgehead atoms. The third-order valence-corrected chi connectivity index (χ3v) is 5.92. The van der Waals surface area contributed by atoms with Crippen LogP contribution in [-0.2, 0) is 4.79 Å². The molecule has 1 aromatic carbocycles. The summed E-state index contributed by atoms with van der Waals surface area (Å²) in [6.07, 6.45) is 4.98. The Bertz CT molecular complexity index is 968. The number of rotatable bonds is 6. The highest BCUT2D eigenvalue weighted by atomic mass is 35.5. The molecule has 4 rings (SSSR count). The van der Waals surface area contributed by atoms with Crippen LogP contribution in [0.4, 0.5) is 5.69 Å². The predicted molar refractivity (Wildman–Crippen MR) is 120 cm³/mol. The van der Waals surface area contributed by atoms with Gasteiger partial charge < -0.3 is 15.0 Å². The van der Waals surface area contributed by atoms with Crippen LogP contribution in [-0.4, -0.2) is 54.4 Å². The van der Waals surface area contributed by atoms with Gasteiger partial charge in [0.2, 0.25) is 11.8 Å². The van der Waals surface area contributed by atoms with E-state index in [-0.39, 0.29) is 24.2 Å². The van der Waals surface area contributed by atoms with Crippen molar-refractivity contribution in [3.05, 3.63) is 47.1 Å². The average molecular weight is 443 g/mol. The number of ether oxygens (including phenoxy) is 1. The Hall–Kier alpha value is -2.64. The van der Waals surface area contributed by atoms with E-state index in [1.807, 2.05) is 0 Å². The standard InChI is InChI=1S/C23H27ClN4O3/c1-16-5-3-11-27(14-16)12-4-10-25-21(29)15-28-19-13-17(24)7-8-20(19)31-22-18(23(28)30)6-2-9-26-22/h2,6-9,13,16H,3-5,10-12,14-15H2,1H3,(H,25,29). The number of halogens is 1. The number of anilines is 1. The van der Waals surface area contributed by atoms with Gasteiger partial charge in [0, 0.05) is 24.3 Å². The van der Waals surface area contributed by atoms with Gasteiger partial charge in [0.15, 0.2) is 5.75 Å². The summed E-state index contributed by atoms with van der Waals surface area (Å²) in [7, 11) is 0. The normalized spacial score (nSPS) is 18.6. The lowest BCUT2D eigenvalue weighted by molar-refractivity contribution is -0.119. The summed E-state index contributed by atoms with van der Waals surface area (Å²) in [5.74, 6) is 0.820. The molecule has 1 unspecified atom stereocenters. The highest BCUT2D eigenvalue weighted by molar-refractivity contribution is 6.31. The number of likely N-dealkylation sites (tertiary alicyclic amines) is 1. The fraction of sp³-hybridized carbons (Fsp3) is 0.435. The average Bonchev–Trinajstić information content (AvgIpc) is 2.86. The van der Waals surface area contributed by atoms with E-state index < -0.39 is 0 Å². The molecule has 0 saturated carbocycles. The number of fused-ring (bicyclic) bond motifs is 2. The van der Waals surface area contributed by atoms with E-state index in [1.165, 1.54) is 17.7 Å². The highest BCUT2D eigenvalue weighted by Crippen LogP contribution is 2.39. The Kier molecular flexibility index (Phi) is 6.73. The van der Waals surface area contributed by atoms with Crippen molar-refractivity contribution in [2.45, 2.75) is 26.2 Å². The molecule has 1 fully saturated rings. The second-order valence-electron chi connectivity index (χ2n) is 8.21. The molecule has 2 aliphatic rings. The first-order valence-electron chi connectivity index (χ1n) is 10.7. The fourth-order valence-corrected chi connectivity index (χ4v) is 4.32. The number of benzene rings is 1. The molecule has 0 spiro atoms. The molecule has 2 aliphatic heterocycles. The lowest BCUT2D eigenvalue weighted by atomic mass is 10.0. The topological polar surface area (TPSA) is 74.8 Å². The lowest BCUT2D eigenvalue weighted by Crippen LogP contribution is -2.41. The predicted octanol–water partition coefficient (Wildman–Crippen LogP) is 3.73. The van der Waals surface area contributed by atoms with Gasteiger partial charge in [-0.1, -0.05) is 18.5 Å². The third kappa shape index (κ3) is 5.17. The minimum absolute atomic E-state index is 0.120. The molecule has 31 heavy (non-hydrogen) atoms.